The van der Waals surface area contributed by atoms with Crippen LogP contribution in [0.1, 0.15) is 0 Å². The topological polar surface area (TPSA) is 26.0 Å². The highest BCUT2D eigenvalue weighted by atomic mass is 35.5. The Hall–Kier alpha value is -0.600. The number of hydrogen-bond acceptors (Lipinski definition) is 1. The minimum atomic E-state index is -0.178. The van der Waals surface area contributed by atoms with Gasteiger partial charge in [0, 0.05) is 0 Å². The van der Waals surface area contributed by atoms with Gasteiger partial charge in [-0.25, -0.2) is 4.39 Å². The summed E-state index contributed by atoms with van der Waals surface area (Å²) in [6.45, 7) is 0. The zero-order chi connectivity index (χ0) is 7.11. The first-order valence-corrected chi connectivity index (χ1v) is 2.68. The van der Waals surface area contributed by atoms with Crippen LogP contribution in [0, 0.1) is 5.82 Å². The zero-order valence-electron chi connectivity index (χ0n) is 5.75. The Labute approximate surface area is 66.5 Å². The van der Waals surface area contributed by atoms with Gasteiger partial charge in [0.05, 0.1) is 0 Å². The van der Waals surface area contributed by atoms with E-state index >= 15 is 0 Å². The normalized spacial score (nSPS) is 6.70. The van der Waals surface area contributed by atoms with Crippen molar-refractivity contribution in [3.05, 3.63) is 36.1 Å². The predicted molar refractivity (Wildman–Crippen MR) is 43.8 cm³/mol. The van der Waals surface area contributed by atoms with Gasteiger partial charge in [0.25, 0.3) is 0 Å². The maximum absolute atomic E-state index is 11.9. The first-order chi connectivity index (χ1) is 4.39. The SMILES string of the molecule is CN.Cl.Fc1ccccc1. The summed E-state index contributed by atoms with van der Waals surface area (Å²) in [7, 11) is 1.50. The highest BCUT2D eigenvalue weighted by Crippen LogP contribution is 1.91. The van der Waals surface area contributed by atoms with Gasteiger partial charge < -0.3 is 5.73 Å². The Bertz CT molecular complexity index is 144. The molecule has 0 amide bonds. The molecule has 1 nitrogen and oxygen atoms in total. The Kier molecular flexibility index (Phi) is 10.2. The second-order valence-corrected chi connectivity index (χ2v) is 1.30. The van der Waals surface area contributed by atoms with E-state index < -0.39 is 0 Å². The number of benzene rings is 1. The average molecular weight is 164 g/mol. The molecule has 0 aromatic heterocycles. The Balaban J connectivity index is 0. The minimum Gasteiger partial charge on any atom is -0.333 e. The molecule has 0 bridgehead atoms. The van der Waals surface area contributed by atoms with E-state index in [9.17, 15) is 4.39 Å². The Morgan fingerprint density at radius 2 is 1.50 bits per heavy atom. The lowest BCUT2D eigenvalue weighted by atomic mass is 10.4. The number of halogens is 2. The first-order valence-electron chi connectivity index (χ1n) is 2.68. The third-order valence-corrected chi connectivity index (χ3v) is 0.733. The molecule has 0 saturated heterocycles. The largest absolute Gasteiger partial charge is 0.333 e. The molecule has 1 rings (SSSR count). The summed E-state index contributed by atoms with van der Waals surface area (Å²) >= 11 is 0. The molecular weight excluding hydrogens is 153 g/mol. The van der Waals surface area contributed by atoms with E-state index in [1.54, 1.807) is 18.2 Å². The molecule has 0 spiro atoms. The number of nitrogens with two attached hydrogens (primary N) is 1. The number of rotatable bonds is 0. The Morgan fingerprint density at radius 3 is 1.70 bits per heavy atom. The van der Waals surface area contributed by atoms with E-state index in [-0.39, 0.29) is 18.2 Å². The van der Waals surface area contributed by atoms with Gasteiger partial charge in [-0.3, -0.25) is 0 Å². The van der Waals surface area contributed by atoms with Crippen molar-refractivity contribution < 1.29 is 4.39 Å². The molecule has 1 aromatic carbocycles. The molecule has 0 aliphatic heterocycles. The molecule has 0 saturated carbocycles. The van der Waals surface area contributed by atoms with Crippen LogP contribution in [0.4, 0.5) is 4.39 Å². The molecule has 0 aliphatic rings. The minimum absolute atomic E-state index is 0. The second-order valence-electron chi connectivity index (χ2n) is 1.30. The van der Waals surface area contributed by atoms with Crippen molar-refractivity contribution in [1.29, 1.82) is 0 Å². The van der Waals surface area contributed by atoms with Gasteiger partial charge in [-0.05, 0) is 19.2 Å². The van der Waals surface area contributed by atoms with Gasteiger partial charge in [0.1, 0.15) is 5.82 Å². The van der Waals surface area contributed by atoms with Crippen LogP contribution in [0.5, 0.6) is 0 Å². The van der Waals surface area contributed by atoms with Crippen molar-refractivity contribution in [2.24, 2.45) is 5.73 Å². The smallest absolute Gasteiger partial charge is 0.123 e. The maximum atomic E-state index is 11.9. The quantitative estimate of drug-likeness (QED) is 0.621. The van der Waals surface area contributed by atoms with Gasteiger partial charge in [-0.2, -0.15) is 0 Å². The molecule has 0 aliphatic carbocycles. The van der Waals surface area contributed by atoms with Gasteiger partial charge in [-0.15, -0.1) is 12.4 Å². The van der Waals surface area contributed by atoms with Gasteiger partial charge >= 0.3 is 0 Å². The van der Waals surface area contributed by atoms with Crippen LogP contribution >= 0.6 is 12.4 Å². The third kappa shape index (κ3) is 5.54. The van der Waals surface area contributed by atoms with Crippen LogP contribution in [0.2, 0.25) is 0 Å². The van der Waals surface area contributed by atoms with E-state index in [0.717, 1.165) is 0 Å². The summed E-state index contributed by atoms with van der Waals surface area (Å²) in [5.41, 5.74) is 4.50. The molecule has 10 heavy (non-hydrogen) atoms. The highest BCUT2D eigenvalue weighted by molar-refractivity contribution is 5.85. The second kappa shape index (κ2) is 8.40. The van der Waals surface area contributed by atoms with Crippen LogP contribution in [0.15, 0.2) is 30.3 Å². The summed E-state index contributed by atoms with van der Waals surface area (Å²) in [6.07, 6.45) is 0. The summed E-state index contributed by atoms with van der Waals surface area (Å²) < 4.78 is 11.9. The summed E-state index contributed by atoms with van der Waals surface area (Å²) in [4.78, 5) is 0. The van der Waals surface area contributed by atoms with E-state index in [4.69, 9.17) is 0 Å². The summed E-state index contributed by atoms with van der Waals surface area (Å²) in [6, 6.07) is 7.94. The van der Waals surface area contributed by atoms with Crippen LogP contribution in [0.3, 0.4) is 0 Å². The molecule has 0 heterocycles. The molecule has 0 atom stereocenters. The van der Waals surface area contributed by atoms with Gasteiger partial charge in [0.2, 0.25) is 0 Å². The fourth-order valence-corrected chi connectivity index (χ4v) is 0.415. The molecule has 0 radical (unpaired) electrons. The molecule has 3 heteroatoms. The molecule has 1 aromatic rings. The lowest BCUT2D eigenvalue weighted by Crippen LogP contribution is -1.69. The monoisotopic (exact) mass is 163 g/mol. The van der Waals surface area contributed by atoms with Crippen molar-refractivity contribution in [1.82, 2.24) is 0 Å². The highest BCUT2D eigenvalue weighted by Gasteiger charge is 1.77. The molecule has 2 N–H and O–H groups in total. The summed E-state index contributed by atoms with van der Waals surface area (Å²) in [5, 5.41) is 0. The van der Waals surface area contributed by atoms with Crippen LogP contribution in [-0.4, -0.2) is 7.05 Å². The molecular formula is C7H11ClFN. The zero-order valence-corrected chi connectivity index (χ0v) is 6.57. The lowest BCUT2D eigenvalue weighted by molar-refractivity contribution is 0.628. The Morgan fingerprint density at radius 1 is 1.10 bits per heavy atom. The van der Waals surface area contributed by atoms with Crippen LogP contribution in [-0.2, 0) is 0 Å². The van der Waals surface area contributed by atoms with Crippen molar-refractivity contribution in [2.45, 2.75) is 0 Å². The van der Waals surface area contributed by atoms with Crippen molar-refractivity contribution in [3.8, 4) is 0 Å². The summed E-state index contributed by atoms with van der Waals surface area (Å²) in [5.74, 6) is -0.178. The number of hydrogen-bond donors (Lipinski definition) is 1. The van der Waals surface area contributed by atoms with Crippen LogP contribution < -0.4 is 5.73 Å². The third-order valence-electron chi connectivity index (χ3n) is 0.733. The average Bonchev–Trinajstić information content (AvgIpc) is 1.94. The van der Waals surface area contributed by atoms with Crippen molar-refractivity contribution >= 4 is 12.4 Å². The van der Waals surface area contributed by atoms with E-state index in [0.29, 0.717) is 0 Å². The molecule has 0 unspecified atom stereocenters. The van der Waals surface area contributed by atoms with Crippen LogP contribution in [0.25, 0.3) is 0 Å². The molecule has 58 valence electrons. The lowest BCUT2D eigenvalue weighted by Gasteiger charge is -1.78. The predicted octanol–water partition coefficient (Wildman–Crippen LogP) is 1.82. The van der Waals surface area contributed by atoms with Crippen molar-refractivity contribution in [2.75, 3.05) is 7.05 Å². The van der Waals surface area contributed by atoms with Crippen molar-refractivity contribution in [3.63, 3.8) is 0 Å². The first kappa shape index (κ1) is 12.1. The molecule has 0 fully saturated rings. The van der Waals surface area contributed by atoms with E-state index in [1.165, 1.54) is 19.2 Å². The fraction of sp³-hybridized carbons (Fsp3) is 0.143. The van der Waals surface area contributed by atoms with E-state index in [2.05, 4.69) is 5.73 Å². The fourth-order valence-electron chi connectivity index (χ4n) is 0.415. The standard InChI is InChI=1S/C6H5F.CH5N.ClH/c7-6-4-2-1-3-5-6;1-2;/h1-5H;2H2,1H3;1H. The van der Waals surface area contributed by atoms with Gasteiger partial charge in [0.15, 0.2) is 0 Å². The van der Waals surface area contributed by atoms with Gasteiger partial charge in [-0.1, -0.05) is 18.2 Å². The maximum Gasteiger partial charge on any atom is 0.123 e. The van der Waals surface area contributed by atoms with E-state index in [1.807, 2.05) is 0 Å².